The molecule has 0 radical (unpaired) electrons. The van der Waals surface area contributed by atoms with E-state index in [1.54, 1.807) is 0 Å². The van der Waals surface area contributed by atoms with Crippen LogP contribution in [-0.4, -0.2) is 17.1 Å². The molecular formula is C13H19NO2. The van der Waals surface area contributed by atoms with Crippen LogP contribution in [0.2, 0.25) is 0 Å². The van der Waals surface area contributed by atoms with Gasteiger partial charge in [-0.05, 0) is 18.4 Å². The van der Waals surface area contributed by atoms with Crippen molar-refractivity contribution in [3.05, 3.63) is 35.9 Å². The van der Waals surface area contributed by atoms with Crippen LogP contribution >= 0.6 is 0 Å². The maximum absolute atomic E-state index is 11.0. The van der Waals surface area contributed by atoms with E-state index in [9.17, 15) is 4.79 Å². The van der Waals surface area contributed by atoms with E-state index in [0.717, 1.165) is 5.56 Å². The Labute approximate surface area is 96.5 Å². The number of carboxylic acid groups (broad SMARTS) is 1. The molecule has 1 aromatic rings. The van der Waals surface area contributed by atoms with Gasteiger partial charge in [-0.15, -0.1) is 0 Å². The van der Waals surface area contributed by atoms with Gasteiger partial charge in [-0.2, -0.15) is 0 Å². The van der Waals surface area contributed by atoms with E-state index in [0.29, 0.717) is 0 Å². The first-order chi connectivity index (χ1) is 7.52. The largest absolute Gasteiger partial charge is 0.480 e. The molecule has 16 heavy (non-hydrogen) atoms. The van der Waals surface area contributed by atoms with Gasteiger partial charge in [0.2, 0.25) is 0 Å². The average Bonchev–Trinajstić information content (AvgIpc) is 2.25. The molecule has 0 heterocycles. The normalized spacial score (nSPS) is 14.8. The van der Waals surface area contributed by atoms with Gasteiger partial charge >= 0.3 is 5.97 Å². The molecule has 0 aliphatic heterocycles. The van der Waals surface area contributed by atoms with Crippen molar-refractivity contribution in [3.63, 3.8) is 0 Å². The maximum Gasteiger partial charge on any atom is 0.320 e. The Morgan fingerprint density at radius 1 is 1.19 bits per heavy atom. The van der Waals surface area contributed by atoms with Gasteiger partial charge in [0.1, 0.15) is 6.04 Å². The molecule has 1 rings (SSSR count). The molecule has 0 aromatic heterocycles. The predicted molar refractivity (Wildman–Crippen MR) is 64.3 cm³/mol. The summed E-state index contributed by atoms with van der Waals surface area (Å²) in [6.07, 6.45) is 0. The van der Waals surface area contributed by atoms with E-state index < -0.39 is 12.0 Å². The molecule has 0 unspecified atom stereocenters. The zero-order chi connectivity index (χ0) is 12.1. The quantitative estimate of drug-likeness (QED) is 0.803. The first kappa shape index (κ1) is 12.7. The van der Waals surface area contributed by atoms with Crippen LogP contribution < -0.4 is 5.32 Å². The maximum atomic E-state index is 11.0. The number of benzene rings is 1. The van der Waals surface area contributed by atoms with Crippen LogP contribution in [-0.2, 0) is 4.79 Å². The zero-order valence-corrected chi connectivity index (χ0v) is 9.97. The van der Waals surface area contributed by atoms with Crippen LogP contribution in [0.25, 0.3) is 0 Å². The Morgan fingerprint density at radius 2 is 1.75 bits per heavy atom. The summed E-state index contributed by atoms with van der Waals surface area (Å²) in [7, 11) is 0. The van der Waals surface area contributed by atoms with Crippen LogP contribution in [0.15, 0.2) is 30.3 Å². The number of hydrogen-bond acceptors (Lipinski definition) is 2. The molecule has 0 aliphatic rings. The first-order valence-electron chi connectivity index (χ1n) is 5.56. The summed E-state index contributed by atoms with van der Waals surface area (Å²) in [6, 6.07) is 9.40. The highest BCUT2D eigenvalue weighted by Crippen LogP contribution is 2.14. The fourth-order valence-electron chi connectivity index (χ4n) is 1.66. The first-order valence-corrected chi connectivity index (χ1v) is 5.56. The number of aliphatic carboxylic acids is 1. The summed E-state index contributed by atoms with van der Waals surface area (Å²) in [5.74, 6) is -0.721. The lowest BCUT2D eigenvalue weighted by Crippen LogP contribution is -2.42. The van der Waals surface area contributed by atoms with E-state index in [1.165, 1.54) is 0 Å². The van der Waals surface area contributed by atoms with Crippen LogP contribution in [0.4, 0.5) is 0 Å². The van der Waals surface area contributed by atoms with Crippen LogP contribution in [0.1, 0.15) is 32.4 Å². The van der Waals surface area contributed by atoms with Gasteiger partial charge < -0.3 is 5.11 Å². The van der Waals surface area contributed by atoms with E-state index in [-0.39, 0.29) is 12.0 Å². The lowest BCUT2D eigenvalue weighted by Gasteiger charge is -2.23. The summed E-state index contributed by atoms with van der Waals surface area (Å²) in [5.41, 5.74) is 1.11. The summed E-state index contributed by atoms with van der Waals surface area (Å²) >= 11 is 0. The minimum absolute atomic E-state index is 0.0460. The fraction of sp³-hybridized carbons (Fsp3) is 0.462. The highest BCUT2D eigenvalue weighted by molar-refractivity contribution is 5.73. The van der Waals surface area contributed by atoms with Crippen molar-refractivity contribution in [2.75, 3.05) is 0 Å². The SMILES string of the molecule is CC(C)[C@H](N[C@@H](C)c1ccccc1)C(=O)O. The molecule has 0 aliphatic carbocycles. The summed E-state index contributed by atoms with van der Waals surface area (Å²) in [4.78, 5) is 11.0. The van der Waals surface area contributed by atoms with Gasteiger partial charge in [0.15, 0.2) is 0 Å². The second kappa shape index (κ2) is 5.66. The standard InChI is InChI=1S/C13H19NO2/c1-9(2)12(13(15)16)14-10(3)11-7-5-4-6-8-11/h4-10,12,14H,1-3H3,(H,15,16)/t10-,12-/m0/s1. The molecular weight excluding hydrogens is 202 g/mol. The van der Waals surface area contributed by atoms with Crippen molar-refractivity contribution in [1.82, 2.24) is 5.32 Å². The second-order valence-electron chi connectivity index (χ2n) is 4.36. The van der Waals surface area contributed by atoms with Gasteiger partial charge in [0.25, 0.3) is 0 Å². The molecule has 0 bridgehead atoms. The number of nitrogens with one attached hydrogen (secondary N) is 1. The van der Waals surface area contributed by atoms with Gasteiger partial charge in [-0.3, -0.25) is 10.1 Å². The van der Waals surface area contributed by atoms with Crippen LogP contribution in [0.5, 0.6) is 0 Å². The average molecular weight is 221 g/mol. The van der Waals surface area contributed by atoms with Gasteiger partial charge in [0, 0.05) is 6.04 Å². The van der Waals surface area contributed by atoms with E-state index in [4.69, 9.17) is 5.11 Å². The Hall–Kier alpha value is -1.35. The molecule has 2 N–H and O–H groups in total. The molecule has 2 atom stereocenters. The minimum Gasteiger partial charge on any atom is -0.480 e. The van der Waals surface area contributed by atoms with Crippen molar-refractivity contribution in [2.45, 2.75) is 32.9 Å². The Balaban J connectivity index is 2.69. The molecule has 0 spiro atoms. The van der Waals surface area contributed by atoms with E-state index in [1.807, 2.05) is 51.1 Å². The van der Waals surface area contributed by atoms with Crippen molar-refractivity contribution in [1.29, 1.82) is 0 Å². The van der Waals surface area contributed by atoms with E-state index >= 15 is 0 Å². The van der Waals surface area contributed by atoms with Gasteiger partial charge in [0.05, 0.1) is 0 Å². The highest BCUT2D eigenvalue weighted by Gasteiger charge is 2.23. The van der Waals surface area contributed by atoms with Gasteiger partial charge in [-0.1, -0.05) is 44.2 Å². The second-order valence-corrected chi connectivity index (χ2v) is 4.36. The molecule has 0 amide bonds. The van der Waals surface area contributed by atoms with Crippen LogP contribution in [0.3, 0.4) is 0 Å². The minimum atomic E-state index is -0.794. The third kappa shape index (κ3) is 3.35. The summed E-state index contributed by atoms with van der Waals surface area (Å²) in [5, 5.41) is 12.2. The van der Waals surface area contributed by atoms with Crippen LogP contribution in [0, 0.1) is 5.92 Å². The topological polar surface area (TPSA) is 49.3 Å². The third-order valence-corrected chi connectivity index (χ3v) is 2.66. The molecule has 88 valence electrons. The highest BCUT2D eigenvalue weighted by atomic mass is 16.4. The Bertz CT molecular complexity index is 335. The summed E-state index contributed by atoms with van der Waals surface area (Å²) in [6.45, 7) is 5.79. The van der Waals surface area contributed by atoms with Crippen molar-refractivity contribution >= 4 is 5.97 Å². The molecule has 3 heteroatoms. The number of carbonyl (C=O) groups is 1. The molecule has 1 aromatic carbocycles. The zero-order valence-electron chi connectivity index (χ0n) is 9.97. The number of carboxylic acids is 1. The smallest absolute Gasteiger partial charge is 0.320 e. The molecule has 0 saturated heterocycles. The third-order valence-electron chi connectivity index (χ3n) is 2.66. The Morgan fingerprint density at radius 3 is 2.19 bits per heavy atom. The lowest BCUT2D eigenvalue weighted by molar-refractivity contribution is -0.140. The molecule has 0 saturated carbocycles. The Kier molecular flexibility index (Phi) is 4.50. The van der Waals surface area contributed by atoms with E-state index in [2.05, 4.69) is 5.32 Å². The molecule has 3 nitrogen and oxygen atoms in total. The van der Waals surface area contributed by atoms with Crippen molar-refractivity contribution in [3.8, 4) is 0 Å². The lowest BCUT2D eigenvalue weighted by atomic mass is 10.0. The predicted octanol–water partition coefficient (Wildman–Crippen LogP) is 2.45. The van der Waals surface area contributed by atoms with Crippen molar-refractivity contribution in [2.24, 2.45) is 5.92 Å². The van der Waals surface area contributed by atoms with Gasteiger partial charge in [-0.25, -0.2) is 0 Å². The van der Waals surface area contributed by atoms with Crippen molar-refractivity contribution < 1.29 is 9.90 Å². The summed E-state index contributed by atoms with van der Waals surface area (Å²) < 4.78 is 0. The number of hydrogen-bond donors (Lipinski definition) is 2. The number of rotatable bonds is 5. The molecule has 0 fully saturated rings. The fourth-order valence-corrected chi connectivity index (χ4v) is 1.66. The monoisotopic (exact) mass is 221 g/mol.